The predicted octanol–water partition coefficient (Wildman–Crippen LogP) is 3.05. The summed E-state index contributed by atoms with van der Waals surface area (Å²) in [6.45, 7) is 4.47. The lowest BCUT2D eigenvalue weighted by Crippen LogP contribution is -2.49. The van der Waals surface area contributed by atoms with Crippen molar-refractivity contribution in [1.29, 1.82) is 0 Å². The molecular formula is C17H26N2. The Morgan fingerprint density at radius 2 is 1.74 bits per heavy atom. The largest absolute Gasteiger partial charge is 0.327 e. The number of rotatable bonds is 2. The highest BCUT2D eigenvalue weighted by Crippen LogP contribution is 2.32. The third-order valence-corrected chi connectivity index (χ3v) is 4.90. The van der Waals surface area contributed by atoms with E-state index in [1.54, 1.807) is 0 Å². The number of hydrogen-bond donors (Lipinski definition) is 1. The number of aryl methyl sites for hydroxylation is 1. The molecule has 104 valence electrons. The van der Waals surface area contributed by atoms with E-state index < -0.39 is 0 Å². The quantitative estimate of drug-likeness (QED) is 0.883. The zero-order valence-corrected chi connectivity index (χ0v) is 12.0. The second-order valence-electron chi connectivity index (χ2n) is 6.50. The third kappa shape index (κ3) is 3.01. The van der Waals surface area contributed by atoms with Crippen LogP contribution < -0.4 is 5.73 Å². The summed E-state index contributed by atoms with van der Waals surface area (Å²) in [5.74, 6) is 0.630. The molecule has 1 saturated heterocycles. The predicted molar refractivity (Wildman–Crippen MR) is 80.3 cm³/mol. The Balaban J connectivity index is 1.72. The standard InChI is InChI=1S/C17H26N2/c1-13-6-8-14(9-7-13)15-10-16(18)12-19(11-15)17-4-2-3-5-17/h6-9,15-17H,2-5,10-12,18H2,1H3. The zero-order valence-electron chi connectivity index (χ0n) is 12.0. The number of benzene rings is 1. The molecule has 2 heteroatoms. The average Bonchev–Trinajstić information content (AvgIpc) is 2.93. The van der Waals surface area contributed by atoms with Crippen LogP contribution in [0.4, 0.5) is 0 Å². The Bertz CT molecular complexity index is 406. The van der Waals surface area contributed by atoms with E-state index in [2.05, 4.69) is 36.1 Å². The lowest BCUT2D eigenvalue weighted by Gasteiger charge is -2.40. The number of hydrogen-bond acceptors (Lipinski definition) is 2. The van der Waals surface area contributed by atoms with Crippen LogP contribution in [0.1, 0.15) is 49.1 Å². The van der Waals surface area contributed by atoms with E-state index >= 15 is 0 Å². The minimum Gasteiger partial charge on any atom is -0.327 e. The van der Waals surface area contributed by atoms with E-state index in [0.717, 1.165) is 19.0 Å². The van der Waals surface area contributed by atoms with Gasteiger partial charge in [-0.15, -0.1) is 0 Å². The van der Waals surface area contributed by atoms with Crippen molar-refractivity contribution in [1.82, 2.24) is 4.90 Å². The van der Waals surface area contributed by atoms with Gasteiger partial charge in [-0.1, -0.05) is 42.7 Å². The summed E-state index contributed by atoms with van der Waals surface area (Å²) >= 11 is 0. The summed E-state index contributed by atoms with van der Waals surface area (Å²) in [4.78, 5) is 2.67. The van der Waals surface area contributed by atoms with Gasteiger partial charge in [0, 0.05) is 25.2 Å². The van der Waals surface area contributed by atoms with Crippen LogP contribution in [0.15, 0.2) is 24.3 Å². The van der Waals surface area contributed by atoms with Gasteiger partial charge in [0.25, 0.3) is 0 Å². The smallest absolute Gasteiger partial charge is 0.0174 e. The van der Waals surface area contributed by atoms with E-state index in [-0.39, 0.29) is 0 Å². The normalized spacial score (nSPS) is 29.8. The van der Waals surface area contributed by atoms with E-state index in [1.807, 2.05) is 0 Å². The zero-order chi connectivity index (χ0) is 13.2. The molecule has 3 rings (SSSR count). The van der Waals surface area contributed by atoms with Gasteiger partial charge in [0.15, 0.2) is 0 Å². The van der Waals surface area contributed by atoms with Gasteiger partial charge in [-0.25, -0.2) is 0 Å². The van der Waals surface area contributed by atoms with E-state index in [9.17, 15) is 0 Å². The van der Waals surface area contributed by atoms with Gasteiger partial charge in [-0.2, -0.15) is 0 Å². The molecule has 0 amide bonds. The highest BCUT2D eigenvalue weighted by atomic mass is 15.2. The van der Waals surface area contributed by atoms with Crippen LogP contribution >= 0.6 is 0 Å². The molecule has 1 saturated carbocycles. The molecule has 2 nitrogen and oxygen atoms in total. The van der Waals surface area contributed by atoms with Crippen molar-refractivity contribution < 1.29 is 0 Å². The Morgan fingerprint density at radius 3 is 2.42 bits per heavy atom. The van der Waals surface area contributed by atoms with Crippen molar-refractivity contribution in [3.8, 4) is 0 Å². The van der Waals surface area contributed by atoms with Crippen LogP contribution in [0.2, 0.25) is 0 Å². The average molecular weight is 258 g/mol. The van der Waals surface area contributed by atoms with Crippen LogP contribution in [0.3, 0.4) is 0 Å². The molecule has 0 radical (unpaired) electrons. The van der Waals surface area contributed by atoms with Gasteiger partial charge in [0.2, 0.25) is 0 Å². The minimum absolute atomic E-state index is 0.348. The third-order valence-electron chi connectivity index (χ3n) is 4.90. The fourth-order valence-corrected chi connectivity index (χ4v) is 3.82. The van der Waals surface area contributed by atoms with E-state index in [1.165, 1.54) is 43.4 Å². The number of nitrogens with zero attached hydrogens (tertiary/aromatic N) is 1. The van der Waals surface area contributed by atoms with Crippen molar-refractivity contribution in [3.05, 3.63) is 35.4 Å². The first-order valence-electron chi connectivity index (χ1n) is 7.78. The fourth-order valence-electron chi connectivity index (χ4n) is 3.82. The SMILES string of the molecule is Cc1ccc(C2CC(N)CN(C3CCCC3)C2)cc1. The maximum atomic E-state index is 6.31. The molecule has 2 atom stereocenters. The van der Waals surface area contributed by atoms with Crippen LogP contribution in [0.5, 0.6) is 0 Å². The molecule has 1 aromatic carbocycles. The topological polar surface area (TPSA) is 29.3 Å². The molecule has 0 spiro atoms. The first-order valence-corrected chi connectivity index (χ1v) is 7.78. The molecule has 2 N–H and O–H groups in total. The van der Waals surface area contributed by atoms with Crippen molar-refractivity contribution in [2.24, 2.45) is 5.73 Å². The van der Waals surface area contributed by atoms with E-state index in [0.29, 0.717) is 12.0 Å². The number of nitrogens with two attached hydrogens (primary N) is 1. The van der Waals surface area contributed by atoms with Crippen LogP contribution in [-0.4, -0.2) is 30.1 Å². The van der Waals surface area contributed by atoms with Gasteiger partial charge in [-0.3, -0.25) is 4.90 Å². The molecule has 1 aliphatic heterocycles. The summed E-state index contributed by atoms with van der Waals surface area (Å²) in [7, 11) is 0. The van der Waals surface area contributed by atoms with Gasteiger partial charge < -0.3 is 5.73 Å². The lowest BCUT2D eigenvalue weighted by molar-refractivity contribution is 0.136. The highest BCUT2D eigenvalue weighted by molar-refractivity contribution is 5.25. The molecular weight excluding hydrogens is 232 g/mol. The maximum absolute atomic E-state index is 6.31. The minimum atomic E-state index is 0.348. The van der Waals surface area contributed by atoms with Crippen LogP contribution in [-0.2, 0) is 0 Å². The summed E-state index contributed by atoms with van der Waals surface area (Å²) < 4.78 is 0. The molecule has 2 aliphatic rings. The van der Waals surface area contributed by atoms with Crippen molar-refractivity contribution in [2.75, 3.05) is 13.1 Å². The van der Waals surface area contributed by atoms with Crippen LogP contribution in [0, 0.1) is 6.92 Å². The maximum Gasteiger partial charge on any atom is 0.0174 e. The molecule has 2 unspecified atom stereocenters. The van der Waals surface area contributed by atoms with Crippen molar-refractivity contribution in [3.63, 3.8) is 0 Å². The van der Waals surface area contributed by atoms with Gasteiger partial charge in [0.1, 0.15) is 0 Å². The van der Waals surface area contributed by atoms with Crippen molar-refractivity contribution in [2.45, 2.75) is 57.0 Å². The summed E-state index contributed by atoms with van der Waals surface area (Å²) in [5, 5.41) is 0. The fraction of sp³-hybridized carbons (Fsp3) is 0.647. The van der Waals surface area contributed by atoms with Gasteiger partial charge in [0.05, 0.1) is 0 Å². The number of likely N-dealkylation sites (tertiary alicyclic amines) is 1. The van der Waals surface area contributed by atoms with Gasteiger partial charge in [-0.05, 0) is 37.7 Å². The molecule has 0 aromatic heterocycles. The Labute approximate surface area is 117 Å². The van der Waals surface area contributed by atoms with Gasteiger partial charge >= 0.3 is 0 Å². The first kappa shape index (κ1) is 13.1. The number of piperidine rings is 1. The summed E-state index contributed by atoms with van der Waals surface area (Å²) in [6, 6.07) is 10.2. The van der Waals surface area contributed by atoms with Crippen LogP contribution in [0.25, 0.3) is 0 Å². The molecule has 1 heterocycles. The summed E-state index contributed by atoms with van der Waals surface area (Å²) in [6.07, 6.45) is 6.73. The molecule has 19 heavy (non-hydrogen) atoms. The monoisotopic (exact) mass is 258 g/mol. The Morgan fingerprint density at radius 1 is 1.05 bits per heavy atom. The summed E-state index contributed by atoms with van der Waals surface area (Å²) in [5.41, 5.74) is 9.13. The Hall–Kier alpha value is -0.860. The van der Waals surface area contributed by atoms with Crippen molar-refractivity contribution >= 4 is 0 Å². The molecule has 0 bridgehead atoms. The molecule has 1 aromatic rings. The second-order valence-corrected chi connectivity index (χ2v) is 6.50. The molecule has 1 aliphatic carbocycles. The Kier molecular flexibility index (Phi) is 3.90. The highest BCUT2D eigenvalue weighted by Gasteiger charge is 2.31. The first-order chi connectivity index (χ1) is 9.22. The molecule has 2 fully saturated rings. The lowest BCUT2D eigenvalue weighted by atomic mass is 9.87. The second kappa shape index (κ2) is 5.64. The van der Waals surface area contributed by atoms with E-state index in [4.69, 9.17) is 5.73 Å².